The van der Waals surface area contributed by atoms with Crippen LogP contribution in [0.25, 0.3) is 11.2 Å². The molecule has 0 aliphatic heterocycles. The predicted molar refractivity (Wildman–Crippen MR) is 75.0 cm³/mol. The maximum absolute atomic E-state index is 5.95. The van der Waals surface area contributed by atoms with Crippen LogP contribution in [0.3, 0.4) is 0 Å². The summed E-state index contributed by atoms with van der Waals surface area (Å²) >= 11 is 0. The minimum absolute atomic E-state index is 0.516. The average Bonchev–Trinajstić information content (AvgIpc) is 2.78. The fourth-order valence-electron chi connectivity index (χ4n) is 2.08. The average molecular weight is 266 g/mol. The fourth-order valence-corrected chi connectivity index (χ4v) is 2.08. The molecule has 0 spiro atoms. The SMILES string of the molecule is Cc1nn(C)c2c1nc(N)n2CCOCCN(C)C. The first kappa shape index (κ1) is 13.8. The van der Waals surface area contributed by atoms with Crippen molar-refractivity contribution >= 4 is 17.1 Å². The second-order valence-electron chi connectivity index (χ2n) is 4.92. The zero-order valence-corrected chi connectivity index (χ0v) is 12.1. The van der Waals surface area contributed by atoms with Gasteiger partial charge in [0.1, 0.15) is 5.52 Å². The Morgan fingerprint density at radius 3 is 2.74 bits per heavy atom. The van der Waals surface area contributed by atoms with Gasteiger partial charge in [-0.15, -0.1) is 0 Å². The first-order valence-electron chi connectivity index (χ1n) is 6.38. The van der Waals surface area contributed by atoms with Crippen LogP contribution < -0.4 is 5.73 Å². The zero-order valence-electron chi connectivity index (χ0n) is 12.1. The van der Waals surface area contributed by atoms with Crippen LogP contribution in [0.4, 0.5) is 5.95 Å². The quantitative estimate of drug-likeness (QED) is 0.758. The lowest BCUT2D eigenvalue weighted by molar-refractivity contribution is 0.111. The monoisotopic (exact) mass is 266 g/mol. The molecule has 7 heteroatoms. The van der Waals surface area contributed by atoms with Crippen molar-refractivity contribution in [1.29, 1.82) is 0 Å². The van der Waals surface area contributed by atoms with Crippen LogP contribution in [0, 0.1) is 6.92 Å². The van der Waals surface area contributed by atoms with E-state index in [1.54, 1.807) is 0 Å². The molecule has 2 aromatic heterocycles. The van der Waals surface area contributed by atoms with Crippen molar-refractivity contribution in [3.05, 3.63) is 5.69 Å². The standard InChI is InChI=1S/C12H22N6O/c1-9-10-11(17(4)15-9)18(12(13)14-10)6-8-19-7-5-16(2)3/h5-8H2,1-4H3,(H2,13,14). The van der Waals surface area contributed by atoms with Crippen molar-refractivity contribution < 1.29 is 4.74 Å². The van der Waals surface area contributed by atoms with Gasteiger partial charge in [0.05, 0.1) is 25.5 Å². The summed E-state index contributed by atoms with van der Waals surface area (Å²) in [6, 6.07) is 0. The van der Waals surface area contributed by atoms with Gasteiger partial charge in [0.2, 0.25) is 5.95 Å². The third kappa shape index (κ3) is 2.87. The van der Waals surface area contributed by atoms with Gasteiger partial charge in [0.15, 0.2) is 5.65 Å². The smallest absolute Gasteiger partial charge is 0.202 e. The molecule has 106 valence electrons. The molecule has 0 atom stereocenters. The van der Waals surface area contributed by atoms with Gasteiger partial charge in [-0.1, -0.05) is 0 Å². The molecule has 7 nitrogen and oxygen atoms in total. The van der Waals surface area contributed by atoms with Crippen molar-refractivity contribution in [2.75, 3.05) is 39.6 Å². The highest BCUT2D eigenvalue weighted by molar-refractivity contribution is 5.77. The molecule has 2 aromatic rings. The molecule has 0 unspecified atom stereocenters. The van der Waals surface area contributed by atoms with Crippen LogP contribution in [0.5, 0.6) is 0 Å². The van der Waals surface area contributed by atoms with Gasteiger partial charge in [0, 0.05) is 13.6 Å². The summed E-state index contributed by atoms with van der Waals surface area (Å²) in [5.74, 6) is 0.516. The lowest BCUT2D eigenvalue weighted by Crippen LogP contribution is -2.19. The van der Waals surface area contributed by atoms with Gasteiger partial charge >= 0.3 is 0 Å². The van der Waals surface area contributed by atoms with Crippen molar-refractivity contribution in [3.8, 4) is 0 Å². The number of aromatic nitrogens is 4. The molecule has 0 saturated heterocycles. The number of anilines is 1. The number of imidazole rings is 1. The van der Waals surface area contributed by atoms with E-state index in [2.05, 4.69) is 15.0 Å². The van der Waals surface area contributed by atoms with E-state index in [9.17, 15) is 0 Å². The van der Waals surface area contributed by atoms with E-state index in [-0.39, 0.29) is 0 Å². The van der Waals surface area contributed by atoms with E-state index in [0.717, 1.165) is 30.0 Å². The number of fused-ring (bicyclic) bond motifs is 1. The summed E-state index contributed by atoms with van der Waals surface area (Å²) in [7, 11) is 5.96. The Kier molecular flexibility index (Phi) is 4.06. The van der Waals surface area contributed by atoms with Gasteiger partial charge in [-0.05, 0) is 21.0 Å². The van der Waals surface area contributed by atoms with Crippen LogP contribution in [0.2, 0.25) is 0 Å². The van der Waals surface area contributed by atoms with E-state index in [0.29, 0.717) is 19.1 Å². The normalized spacial score (nSPS) is 11.8. The molecule has 2 N–H and O–H groups in total. The van der Waals surface area contributed by atoms with Crippen LogP contribution >= 0.6 is 0 Å². The lowest BCUT2D eigenvalue weighted by atomic mass is 10.4. The number of nitrogen functional groups attached to an aromatic ring is 1. The first-order valence-corrected chi connectivity index (χ1v) is 6.38. The Balaban J connectivity index is 2.02. The van der Waals surface area contributed by atoms with E-state index >= 15 is 0 Å². The van der Waals surface area contributed by atoms with E-state index < -0.39 is 0 Å². The molecule has 0 saturated carbocycles. The molecule has 0 radical (unpaired) electrons. The van der Waals surface area contributed by atoms with Crippen molar-refractivity contribution in [2.24, 2.45) is 7.05 Å². The molecule has 0 bridgehead atoms. The molecular weight excluding hydrogens is 244 g/mol. The number of hydrogen-bond acceptors (Lipinski definition) is 5. The molecule has 0 aliphatic rings. The second-order valence-corrected chi connectivity index (χ2v) is 4.92. The Morgan fingerprint density at radius 1 is 1.32 bits per heavy atom. The van der Waals surface area contributed by atoms with Crippen molar-refractivity contribution in [3.63, 3.8) is 0 Å². The van der Waals surface area contributed by atoms with E-state index in [4.69, 9.17) is 10.5 Å². The summed E-state index contributed by atoms with van der Waals surface area (Å²) in [5, 5.41) is 4.35. The Hall–Kier alpha value is -1.60. The van der Waals surface area contributed by atoms with Crippen LogP contribution in [0.1, 0.15) is 5.69 Å². The highest BCUT2D eigenvalue weighted by Crippen LogP contribution is 2.19. The fraction of sp³-hybridized carbons (Fsp3) is 0.667. The third-order valence-electron chi connectivity index (χ3n) is 3.06. The second kappa shape index (κ2) is 5.58. The lowest BCUT2D eigenvalue weighted by Gasteiger charge is -2.11. The molecule has 0 aliphatic carbocycles. The Morgan fingerprint density at radius 2 is 2.05 bits per heavy atom. The minimum Gasteiger partial charge on any atom is -0.378 e. The summed E-state index contributed by atoms with van der Waals surface area (Å²) in [5.41, 5.74) is 8.66. The zero-order chi connectivity index (χ0) is 14.0. The van der Waals surface area contributed by atoms with Gasteiger partial charge in [-0.2, -0.15) is 5.10 Å². The van der Waals surface area contributed by atoms with E-state index in [1.807, 2.05) is 37.3 Å². The number of ether oxygens (including phenoxy) is 1. The van der Waals surface area contributed by atoms with Crippen molar-refractivity contribution in [1.82, 2.24) is 24.2 Å². The van der Waals surface area contributed by atoms with Crippen LogP contribution in [0.15, 0.2) is 0 Å². The number of hydrogen-bond donors (Lipinski definition) is 1. The van der Waals surface area contributed by atoms with Gasteiger partial charge in [-0.25, -0.2) is 4.98 Å². The van der Waals surface area contributed by atoms with Gasteiger partial charge in [-0.3, -0.25) is 9.25 Å². The van der Waals surface area contributed by atoms with Gasteiger partial charge < -0.3 is 15.4 Å². The summed E-state index contributed by atoms with van der Waals surface area (Å²) in [6.07, 6.45) is 0. The Bertz CT molecular complexity index is 556. The number of likely N-dealkylation sites (N-methyl/N-ethyl adjacent to an activating group) is 1. The molecule has 19 heavy (non-hydrogen) atoms. The largest absolute Gasteiger partial charge is 0.378 e. The van der Waals surface area contributed by atoms with Crippen LogP contribution in [-0.4, -0.2) is 58.1 Å². The number of nitrogens with two attached hydrogens (primary N) is 1. The highest BCUT2D eigenvalue weighted by atomic mass is 16.5. The summed E-state index contributed by atoms with van der Waals surface area (Å²) < 4.78 is 9.36. The first-order chi connectivity index (χ1) is 9.00. The maximum Gasteiger partial charge on any atom is 0.202 e. The predicted octanol–water partition coefficient (Wildman–Crippen LogP) is 0.239. The molecule has 0 amide bonds. The van der Waals surface area contributed by atoms with Crippen LogP contribution in [-0.2, 0) is 18.3 Å². The van der Waals surface area contributed by atoms with Gasteiger partial charge in [0.25, 0.3) is 0 Å². The number of rotatable bonds is 6. The maximum atomic E-state index is 5.95. The number of aryl methyl sites for hydroxylation is 2. The molecular formula is C12H22N6O. The molecule has 2 rings (SSSR count). The molecule has 0 fully saturated rings. The molecule has 2 heterocycles. The highest BCUT2D eigenvalue weighted by Gasteiger charge is 2.15. The molecule has 0 aromatic carbocycles. The summed E-state index contributed by atoms with van der Waals surface area (Å²) in [4.78, 5) is 6.45. The third-order valence-corrected chi connectivity index (χ3v) is 3.06. The topological polar surface area (TPSA) is 74.1 Å². The minimum atomic E-state index is 0.516. The van der Waals surface area contributed by atoms with Crippen molar-refractivity contribution in [2.45, 2.75) is 13.5 Å². The summed E-state index contributed by atoms with van der Waals surface area (Å²) in [6.45, 7) is 4.88. The Labute approximate surface area is 112 Å². The number of nitrogens with zero attached hydrogens (tertiary/aromatic N) is 5. The van der Waals surface area contributed by atoms with E-state index in [1.165, 1.54) is 0 Å².